The van der Waals surface area contributed by atoms with Gasteiger partial charge in [0.25, 0.3) is 0 Å². The van der Waals surface area contributed by atoms with E-state index < -0.39 is 0 Å². The van der Waals surface area contributed by atoms with Crippen LogP contribution in [-0.2, 0) is 15.6 Å². The molecule has 1 aliphatic heterocycles. The van der Waals surface area contributed by atoms with Gasteiger partial charge in [-0.05, 0) is 34.4 Å². The van der Waals surface area contributed by atoms with E-state index in [0.717, 1.165) is 23.4 Å². The van der Waals surface area contributed by atoms with Crippen molar-refractivity contribution in [1.82, 2.24) is 15.5 Å². The highest BCUT2D eigenvalue weighted by Gasteiger charge is 2.30. The first-order valence-electron chi connectivity index (χ1n) is 9.01. The number of phenols is 1. The van der Waals surface area contributed by atoms with Crippen LogP contribution in [0.1, 0.15) is 71.1 Å². The average molecular weight is 348 g/mol. The van der Waals surface area contributed by atoms with Crippen LogP contribution in [-0.4, -0.2) is 35.9 Å². The van der Waals surface area contributed by atoms with Crippen molar-refractivity contribution in [1.29, 1.82) is 0 Å². The van der Waals surface area contributed by atoms with Gasteiger partial charge >= 0.3 is 0 Å². The Kier molecular flexibility index (Phi) is 5.50. The standard InChI is InChI=1S/C20H33N3O2/c1-13(18(25)23-11-21-10-22-12-23)14-8-15(19(2,3)4)17(24)16(9-14)20(5,6)7/h8-9,13,21-22,24H,10-12H2,1-7H3. The molecule has 0 aromatic heterocycles. The molecule has 25 heavy (non-hydrogen) atoms. The van der Waals surface area contributed by atoms with Gasteiger partial charge in [0, 0.05) is 6.67 Å². The summed E-state index contributed by atoms with van der Waals surface area (Å²) in [4.78, 5) is 14.7. The number of aromatic hydroxyl groups is 1. The molecule has 0 bridgehead atoms. The van der Waals surface area contributed by atoms with Crippen LogP contribution in [0.5, 0.6) is 5.75 Å². The van der Waals surface area contributed by atoms with E-state index in [2.05, 4.69) is 52.2 Å². The SMILES string of the molecule is CC(C(=O)N1CNCNC1)c1cc(C(C)(C)C)c(O)c(C(C)(C)C)c1. The predicted molar refractivity (Wildman–Crippen MR) is 102 cm³/mol. The highest BCUT2D eigenvalue weighted by atomic mass is 16.3. The summed E-state index contributed by atoms with van der Waals surface area (Å²) in [6.07, 6.45) is 0. The van der Waals surface area contributed by atoms with E-state index in [9.17, 15) is 9.90 Å². The van der Waals surface area contributed by atoms with Crippen LogP contribution in [0.2, 0.25) is 0 Å². The molecule has 0 spiro atoms. The van der Waals surface area contributed by atoms with Crippen molar-refractivity contribution in [3.05, 3.63) is 28.8 Å². The minimum atomic E-state index is -0.260. The average Bonchev–Trinajstić information content (AvgIpc) is 2.52. The first kappa shape index (κ1) is 19.7. The van der Waals surface area contributed by atoms with Gasteiger partial charge in [-0.2, -0.15) is 0 Å². The molecule has 1 aromatic carbocycles. The summed E-state index contributed by atoms with van der Waals surface area (Å²) in [7, 11) is 0. The molecule has 140 valence electrons. The molecule has 1 fully saturated rings. The Labute approximate surface area is 151 Å². The number of benzene rings is 1. The maximum atomic E-state index is 12.9. The van der Waals surface area contributed by atoms with Crippen LogP contribution in [0, 0.1) is 0 Å². The lowest BCUT2D eigenvalue weighted by molar-refractivity contribution is -0.134. The summed E-state index contributed by atoms with van der Waals surface area (Å²) >= 11 is 0. The molecular formula is C20H33N3O2. The monoisotopic (exact) mass is 347 g/mol. The van der Waals surface area contributed by atoms with Gasteiger partial charge in [-0.25, -0.2) is 0 Å². The molecule has 1 amide bonds. The first-order valence-corrected chi connectivity index (χ1v) is 9.01. The molecule has 1 unspecified atom stereocenters. The lowest BCUT2D eigenvalue weighted by Crippen LogP contribution is -2.53. The Hall–Kier alpha value is -1.59. The predicted octanol–water partition coefficient (Wildman–Crippen LogP) is 2.98. The number of carbonyl (C=O) groups excluding carboxylic acids is 1. The Balaban J connectivity index is 2.47. The third kappa shape index (κ3) is 4.33. The van der Waals surface area contributed by atoms with Crippen molar-refractivity contribution in [2.75, 3.05) is 20.0 Å². The summed E-state index contributed by atoms with van der Waals surface area (Å²) in [5.41, 5.74) is 2.35. The van der Waals surface area contributed by atoms with Gasteiger partial charge in [0.2, 0.25) is 5.91 Å². The fourth-order valence-electron chi connectivity index (χ4n) is 3.15. The quantitative estimate of drug-likeness (QED) is 0.769. The summed E-state index contributed by atoms with van der Waals surface area (Å²) in [5.74, 6) is 0.180. The second kappa shape index (κ2) is 6.96. The van der Waals surface area contributed by atoms with Gasteiger partial charge in [-0.3, -0.25) is 15.4 Å². The number of nitrogens with one attached hydrogen (secondary N) is 2. The molecule has 2 rings (SSSR count). The van der Waals surface area contributed by atoms with Crippen molar-refractivity contribution >= 4 is 5.91 Å². The highest BCUT2D eigenvalue weighted by molar-refractivity contribution is 5.83. The van der Waals surface area contributed by atoms with Crippen LogP contribution in [0.3, 0.4) is 0 Å². The maximum absolute atomic E-state index is 12.9. The molecule has 0 aliphatic carbocycles. The Morgan fingerprint density at radius 2 is 1.48 bits per heavy atom. The largest absolute Gasteiger partial charge is 0.507 e. The Morgan fingerprint density at radius 1 is 1.04 bits per heavy atom. The maximum Gasteiger partial charge on any atom is 0.231 e. The van der Waals surface area contributed by atoms with E-state index >= 15 is 0 Å². The van der Waals surface area contributed by atoms with Crippen molar-refractivity contribution in [2.24, 2.45) is 0 Å². The van der Waals surface area contributed by atoms with Crippen LogP contribution < -0.4 is 10.6 Å². The molecule has 0 saturated carbocycles. The first-order chi connectivity index (χ1) is 11.4. The summed E-state index contributed by atoms with van der Waals surface area (Å²) in [5, 5.41) is 17.2. The van der Waals surface area contributed by atoms with Crippen molar-refractivity contribution in [2.45, 2.75) is 65.2 Å². The van der Waals surface area contributed by atoms with Gasteiger partial charge in [-0.1, -0.05) is 53.7 Å². The minimum Gasteiger partial charge on any atom is -0.507 e. The number of hydrogen-bond donors (Lipinski definition) is 3. The Bertz CT molecular complexity index is 600. The molecular weight excluding hydrogens is 314 g/mol. The molecule has 1 saturated heterocycles. The lowest BCUT2D eigenvalue weighted by atomic mass is 9.77. The molecule has 5 heteroatoms. The van der Waals surface area contributed by atoms with Crippen molar-refractivity contribution < 1.29 is 9.90 Å². The van der Waals surface area contributed by atoms with E-state index in [1.54, 1.807) is 4.90 Å². The van der Waals surface area contributed by atoms with Gasteiger partial charge in [0.1, 0.15) is 5.75 Å². The van der Waals surface area contributed by atoms with E-state index in [-0.39, 0.29) is 22.7 Å². The van der Waals surface area contributed by atoms with Gasteiger partial charge in [0.15, 0.2) is 0 Å². The summed E-state index contributed by atoms with van der Waals surface area (Å²) in [6.45, 7) is 16.3. The van der Waals surface area contributed by atoms with Crippen molar-refractivity contribution in [3.63, 3.8) is 0 Å². The van der Waals surface area contributed by atoms with E-state index in [1.165, 1.54) is 0 Å². The fraction of sp³-hybridized carbons (Fsp3) is 0.650. The number of amides is 1. The van der Waals surface area contributed by atoms with Crippen LogP contribution in [0.15, 0.2) is 12.1 Å². The van der Waals surface area contributed by atoms with Crippen LogP contribution in [0.25, 0.3) is 0 Å². The molecule has 5 nitrogen and oxygen atoms in total. The normalized spacial score (nSPS) is 17.5. The second-order valence-corrected chi connectivity index (χ2v) is 9.06. The number of hydrogen-bond acceptors (Lipinski definition) is 4. The van der Waals surface area contributed by atoms with Gasteiger partial charge in [0.05, 0.1) is 19.3 Å². The number of nitrogens with zero attached hydrogens (tertiary/aromatic N) is 1. The van der Waals surface area contributed by atoms with E-state index in [0.29, 0.717) is 19.1 Å². The Morgan fingerprint density at radius 3 is 1.88 bits per heavy atom. The smallest absolute Gasteiger partial charge is 0.231 e. The molecule has 1 atom stereocenters. The number of phenolic OH excluding ortho intramolecular Hbond substituents is 1. The minimum absolute atomic E-state index is 0.0881. The van der Waals surface area contributed by atoms with Crippen LogP contribution in [0.4, 0.5) is 0 Å². The zero-order valence-electron chi connectivity index (χ0n) is 16.7. The van der Waals surface area contributed by atoms with E-state index in [4.69, 9.17) is 0 Å². The molecule has 0 radical (unpaired) electrons. The topological polar surface area (TPSA) is 64.6 Å². The number of carbonyl (C=O) groups is 1. The molecule has 1 heterocycles. The van der Waals surface area contributed by atoms with Crippen molar-refractivity contribution in [3.8, 4) is 5.75 Å². The zero-order valence-corrected chi connectivity index (χ0v) is 16.7. The molecule has 3 N–H and O–H groups in total. The second-order valence-electron chi connectivity index (χ2n) is 9.06. The van der Waals surface area contributed by atoms with Gasteiger partial charge < -0.3 is 10.0 Å². The van der Waals surface area contributed by atoms with Gasteiger partial charge in [-0.15, -0.1) is 0 Å². The number of rotatable bonds is 2. The molecule has 1 aromatic rings. The highest BCUT2D eigenvalue weighted by Crippen LogP contribution is 2.41. The summed E-state index contributed by atoms with van der Waals surface area (Å²) < 4.78 is 0. The lowest BCUT2D eigenvalue weighted by Gasteiger charge is -2.32. The van der Waals surface area contributed by atoms with Crippen LogP contribution >= 0.6 is 0 Å². The third-order valence-electron chi connectivity index (χ3n) is 4.79. The summed E-state index contributed by atoms with van der Waals surface area (Å²) in [6, 6.07) is 4.00. The molecule has 1 aliphatic rings. The fourth-order valence-corrected chi connectivity index (χ4v) is 3.15. The van der Waals surface area contributed by atoms with E-state index in [1.807, 2.05) is 19.1 Å². The zero-order chi connectivity index (χ0) is 19.0. The third-order valence-corrected chi connectivity index (χ3v) is 4.79.